The molecule has 4 rings (SSSR count). The average molecular weight is 480 g/mol. The fourth-order valence-electron chi connectivity index (χ4n) is 4.17. The number of nitrogens with zero attached hydrogens (tertiary/aromatic N) is 6. The minimum absolute atomic E-state index is 0.0123. The number of hydrogen-bond acceptors (Lipinski definition) is 9. The summed E-state index contributed by atoms with van der Waals surface area (Å²) in [5.74, 6) is 4.74. The Kier molecular flexibility index (Phi) is 6.93. The van der Waals surface area contributed by atoms with E-state index >= 15 is 0 Å². The van der Waals surface area contributed by atoms with Crippen LogP contribution in [0.15, 0.2) is 30.3 Å². The van der Waals surface area contributed by atoms with Gasteiger partial charge in [-0.05, 0) is 5.56 Å². The number of hydrogen-bond donors (Lipinski definition) is 3. The maximum atomic E-state index is 12.8. The van der Waals surface area contributed by atoms with E-state index in [0.29, 0.717) is 23.6 Å². The molecule has 2 aromatic rings. The molecular weight excluding hydrogens is 456 g/mol. The van der Waals surface area contributed by atoms with E-state index in [1.165, 1.54) is 4.90 Å². The first-order valence-corrected chi connectivity index (χ1v) is 10.9. The lowest BCUT2D eigenvalue weighted by Gasteiger charge is -2.41. The zero-order valence-electron chi connectivity index (χ0n) is 18.8. The highest BCUT2D eigenvalue weighted by molar-refractivity contribution is 5.90. The van der Waals surface area contributed by atoms with Crippen molar-refractivity contribution in [2.75, 3.05) is 24.5 Å². The summed E-state index contributed by atoms with van der Waals surface area (Å²) in [6, 6.07) is 10.9. The van der Waals surface area contributed by atoms with E-state index in [0.717, 1.165) is 10.5 Å². The smallest absolute Gasteiger partial charge is 0.410 e. The fourth-order valence-corrected chi connectivity index (χ4v) is 4.17. The molecule has 2 aliphatic rings. The monoisotopic (exact) mass is 480 g/mol. The Labute approximate surface area is 200 Å². The zero-order chi connectivity index (χ0) is 24.9. The maximum Gasteiger partial charge on any atom is 0.410 e. The normalized spacial score (nSPS) is 16.9. The molecule has 0 radical (unpaired) electrons. The Morgan fingerprint density at radius 1 is 1.20 bits per heavy atom. The minimum Gasteiger partial charge on any atom is -0.465 e. The van der Waals surface area contributed by atoms with Crippen LogP contribution >= 0.6 is 0 Å². The summed E-state index contributed by atoms with van der Waals surface area (Å²) in [5, 5.41) is 18.8. The molecule has 182 valence electrons. The van der Waals surface area contributed by atoms with Crippen molar-refractivity contribution < 1.29 is 24.2 Å². The number of fused-ring (bicyclic) bond motifs is 1. The molecule has 1 aromatic heterocycles. The van der Waals surface area contributed by atoms with E-state index in [1.807, 2.05) is 40.7 Å². The van der Waals surface area contributed by atoms with Gasteiger partial charge in [0.2, 0.25) is 5.82 Å². The van der Waals surface area contributed by atoms with Crippen LogP contribution in [0.2, 0.25) is 0 Å². The number of carbonyl (C=O) groups excluding carboxylic acids is 2. The number of nitrogen functional groups attached to an aromatic ring is 1. The van der Waals surface area contributed by atoms with E-state index < -0.39 is 24.1 Å². The largest absolute Gasteiger partial charge is 0.465 e. The van der Waals surface area contributed by atoms with Crippen molar-refractivity contribution in [3.63, 3.8) is 0 Å². The predicted octanol–water partition coefficient (Wildman–Crippen LogP) is 0.815. The number of piperazine rings is 1. The number of hydrazine groups is 1. The van der Waals surface area contributed by atoms with Crippen molar-refractivity contribution in [1.82, 2.24) is 25.2 Å². The van der Waals surface area contributed by atoms with E-state index in [1.54, 1.807) is 0 Å². The van der Waals surface area contributed by atoms with Crippen molar-refractivity contribution in [3.8, 4) is 6.07 Å². The summed E-state index contributed by atoms with van der Waals surface area (Å²) in [5.41, 5.74) is 3.83. The van der Waals surface area contributed by atoms with Crippen LogP contribution in [-0.4, -0.2) is 68.6 Å². The van der Waals surface area contributed by atoms with E-state index in [4.69, 9.17) is 10.6 Å². The number of anilines is 1. The summed E-state index contributed by atoms with van der Waals surface area (Å²) in [6.07, 6.45) is -1.59. The molecule has 0 spiro atoms. The third-order valence-corrected chi connectivity index (χ3v) is 5.91. The molecule has 0 bridgehead atoms. The quantitative estimate of drug-likeness (QED) is 0.315. The highest BCUT2D eigenvalue weighted by atomic mass is 16.6. The second kappa shape index (κ2) is 10.2. The Hall–Kier alpha value is -4.44. The van der Waals surface area contributed by atoms with E-state index in [9.17, 15) is 24.8 Å². The Bertz CT molecular complexity index is 1170. The number of ether oxygens (including phenoxy) is 1. The van der Waals surface area contributed by atoms with Gasteiger partial charge in [-0.15, -0.1) is 0 Å². The van der Waals surface area contributed by atoms with Crippen molar-refractivity contribution in [2.24, 2.45) is 5.84 Å². The van der Waals surface area contributed by atoms with Crippen LogP contribution in [0.25, 0.3) is 0 Å². The molecule has 0 saturated carbocycles. The number of nitrogens with two attached hydrogens (primary N) is 1. The number of nitriles is 1. The van der Waals surface area contributed by atoms with Crippen LogP contribution in [0, 0.1) is 11.3 Å². The molecule has 13 nitrogen and oxygen atoms in total. The Morgan fingerprint density at radius 2 is 1.97 bits per heavy atom. The minimum atomic E-state index is -1.12. The number of benzene rings is 1. The molecule has 1 aromatic carbocycles. The lowest BCUT2D eigenvalue weighted by atomic mass is 10.1. The molecule has 3 amide bonds. The number of nitrogens with one attached hydrogen (secondary N) is 1. The second-order valence-electron chi connectivity index (χ2n) is 8.10. The molecule has 1 atom stereocenters. The van der Waals surface area contributed by atoms with Crippen LogP contribution in [0.1, 0.15) is 33.9 Å². The molecule has 2 aliphatic heterocycles. The van der Waals surface area contributed by atoms with Crippen molar-refractivity contribution in [2.45, 2.75) is 32.2 Å². The number of amides is 3. The van der Waals surface area contributed by atoms with Crippen LogP contribution in [0.4, 0.5) is 15.4 Å². The van der Waals surface area contributed by atoms with Gasteiger partial charge in [0.1, 0.15) is 12.4 Å². The van der Waals surface area contributed by atoms with Gasteiger partial charge in [0.15, 0.2) is 0 Å². The number of carboxylic acid groups (broad SMARTS) is 1. The van der Waals surface area contributed by atoms with Gasteiger partial charge in [-0.25, -0.2) is 25.4 Å². The van der Waals surface area contributed by atoms with Crippen molar-refractivity contribution in [1.29, 1.82) is 5.26 Å². The first kappa shape index (κ1) is 23.7. The highest BCUT2D eigenvalue weighted by Gasteiger charge is 2.36. The molecule has 1 unspecified atom stereocenters. The summed E-state index contributed by atoms with van der Waals surface area (Å²) in [6.45, 7) is 1.02. The molecular formula is C22H24N8O5. The predicted molar refractivity (Wildman–Crippen MR) is 121 cm³/mol. The third-order valence-electron chi connectivity index (χ3n) is 5.91. The van der Waals surface area contributed by atoms with Gasteiger partial charge < -0.3 is 19.6 Å². The van der Waals surface area contributed by atoms with Crippen molar-refractivity contribution >= 4 is 23.9 Å². The summed E-state index contributed by atoms with van der Waals surface area (Å²) in [4.78, 5) is 49.5. The second-order valence-corrected chi connectivity index (χ2v) is 8.10. The van der Waals surface area contributed by atoms with Gasteiger partial charge in [0.25, 0.3) is 0 Å². The molecule has 4 N–H and O–H groups in total. The van der Waals surface area contributed by atoms with Crippen LogP contribution in [0.5, 0.6) is 0 Å². The SMILES string of the molecule is N#CCC1CN(c2nc(C(=O)NN)nc3c2CN(C(=O)O)C3)CCN1C(=O)OCc1ccccc1. The fraction of sp³-hybridized carbons (Fsp3) is 0.364. The van der Waals surface area contributed by atoms with Gasteiger partial charge in [-0.2, -0.15) is 5.26 Å². The number of carbonyl (C=O) groups is 3. The average Bonchev–Trinajstić information content (AvgIpc) is 3.32. The first-order chi connectivity index (χ1) is 16.9. The number of rotatable bonds is 5. The lowest BCUT2D eigenvalue weighted by molar-refractivity contribution is 0.0767. The number of aromatic nitrogens is 2. The lowest BCUT2D eigenvalue weighted by Crippen LogP contribution is -2.55. The molecule has 0 aliphatic carbocycles. The molecule has 35 heavy (non-hydrogen) atoms. The topological polar surface area (TPSA) is 178 Å². The van der Waals surface area contributed by atoms with Crippen molar-refractivity contribution in [3.05, 3.63) is 53.0 Å². The van der Waals surface area contributed by atoms with Gasteiger partial charge in [-0.1, -0.05) is 30.3 Å². The summed E-state index contributed by atoms with van der Waals surface area (Å²) < 4.78 is 5.46. The van der Waals surface area contributed by atoms with E-state index in [2.05, 4.69) is 16.0 Å². The molecule has 1 saturated heterocycles. The molecule has 13 heteroatoms. The zero-order valence-corrected chi connectivity index (χ0v) is 18.8. The van der Waals surface area contributed by atoms with Gasteiger partial charge in [-0.3, -0.25) is 15.1 Å². The Morgan fingerprint density at radius 3 is 2.66 bits per heavy atom. The van der Waals surface area contributed by atoms with Crippen LogP contribution in [0.3, 0.4) is 0 Å². The molecule has 1 fully saturated rings. The van der Waals surface area contributed by atoms with Crippen LogP contribution in [-0.2, 0) is 24.4 Å². The highest BCUT2D eigenvalue weighted by Crippen LogP contribution is 2.31. The van der Waals surface area contributed by atoms with Crippen LogP contribution < -0.4 is 16.2 Å². The maximum absolute atomic E-state index is 12.8. The Balaban J connectivity index is 1.55. The third kappa shape index (κ3) is 5.07. The summed E-state index contributed by atoms with van der Waals surface area (Å²) >= 11 is 0. The van der Waals surface area contributed by atoms with Gasteiger partial charge in [0.05, 0.1) is 37.3 Å². The first-order valence-electron chi connectivity index (χ1n) is 10.9. The molecule has 3 heterocycles. The van der Waals surface area contributed by atoms with E-state index in [-0.39, 0.29) is 45.0 Å². The standard InChI is InChI=1S/C22H24N8O5/c23-7-6-15-10-28(8-9-30(15)22(34)35-13-14-4-2-1-3-5-14)19-16-11-29(21(32)33)12-17(16)25-18(26-19)20(31)27-24/h1-5,15H,6,8-13,24H2,(H,27,31)(H,32,33). The van der Waals surface area contributed by atoms with Gasteiger partial charge >= 0.3 is 18.1 Å². The van der Waals surface area contributed by atoms with Gasteiger partial charge in [0, 0.05) is 25.2 Å². The summed E-state index contributed by atoms with van der Waals surface area (Å²) in [7, 11) is 0.